The third-order valence-electron chi connectivity index (χ3n) is 2.82. The molecule has 0 rings (SSSR count). The minimum atomic E-state index is 0.380. The van der Waals surface area contributed by atoms with Crippen molar-refractivity contribution in [3.05, 3.63) is 36.5 Å². The molecule has 0 saturated carbocycles. The Kier molecular flexibility index (Phi) is 6.40. The summed E-state index contributed by atoms with van der Waals surface area (Å²) in [6, 6.07) is 0. The molecule has 0 aromatic rings. The third kappa shape index (κ3) is 5.95. The Hall–Kier alpha value is -0.780. The summed E-state index contributed by atoms with van der Waals surface area (Å²) in [5.41, 5.74) is 1.82. The van der Waals surface area contributed by atoms with Gasteiger partial charge in [0.2, 0.25) is 0 Å². The van der Waals surface area contributed by atoms with Crippen molar-refractivity contribution in [2.45, 2.75) is 48.0 Å². The molecule has 0 bridgehead atoms. The van der Waals surface area contributed by atoms with Crippen molar-refractivity contribution in [1.29, 1.82) is 0 Å². The topological polar surface area (TPSA) is 0 Å². The van der Waals surface area contributed by atoms with E-state index in [1.54, 1.807) is 0 Å². The van der Waals surface area contributed by atoms with Gasteiger partial charge in [0, 0.05) is 0 Å². The molecule has 0 fully saturated rings. The fourth-order valence-corrected chi connectivity index (χ4v) is 2.01. The normalized spacial score (nSPS) is 15.8. The predicted molar refractivity (Wildman–Crippen MR) is 75.5 cm³/mol. The first-order chi connectivity index (χ1) is 7.31. The molecule has 1 atom stereocenters. The fraction of sp³-hybridized carbons (Fsp3) is 0.625. The van der Waals surface area contributed by atoms with Crippen molar-refractivity contribution < 1.29 is 0 Å². The van der Waals surface area contributed by atoms with Crippen LogP contribution >= 0.6 is 0 Å². The standard InChI is InChI=1S/C16H28/c1-8-10-11-14(9-2)15(13(3)4)12-16(5,6)7/h8-11,13,15H,1,12H2,2-7H3/b11-10-,14-9+. The maximum atomic E-state index is 3.73. The SMILES string of the molecule is C=C/C=C\C(=C/C)C(CC(C)(C)C)C(C)C. The van der Waals surface area contributed by atoms with Gasteiger partial charge in [0.25, 0.3) is 0 Å². The molecule has 0 heterocycles. The minimum Gasteiger partial charge on any atom is -0.0991 e. The smallest absolute Gasteiger partial charge is 0.0137 e. The highest BCUT2D eigenvalue weighted by Gasteiger charge is 2.22. The van der Waals surface area contributed by atoms with Gasteiger partial charge in [0.15, 0.2) is 0 Å². The Bertz CT molecular complexity index is 258. The predicted octanol–water partition coefficient (Wildman–Crippen LogP) is 5.38. The zero-order valence-corrected chi connectivity index (χ0v) is 11.9. The molecular formula is C16H28. The van der Waals surface area contributed by atoms with E-state index in [9.17, 15) is 0 Å². The third-order valence-corrected chi connectivity index (χ3v) is 2.82. The Balaban J connectivity index is 4.89. The first kappa shape index (κ1) is 15.2. The molecule has 0 aromatic carbocycles. The molecule has 0 aromatic heterocycles. The van der Waals surface area contributed by atoms with Gasteiger partial charge in [-0.3, -0.25) is 0 Å². The molecule has 0 spiro atoms. The van der Waals surface area contributed by atoms with E-state index >= 15 is 0 Å². The Morgan fingerprint density at radius 3 is 2.12 bits per heavy atom. The van der Waals surface area contributed by atoms with Crippen LogP contribution in [-0.2, 0) is 0 Å². The largest absolute Gasteiger partial charge is 0.0991 e. The molecule has 0 aliphatic rings. The summed E-state index contributed by atoms with van der Waals surface area (Å²) in [4.78, 5) is 0. The van der Waals surface area contributed by atoms with E-state index < -0.39 is 0 Å². The van der Waals surface area contributed by atoms with Crippen LogP contribution in [0.4, 0.5) is 0 Å². The van der Waals surface area contributed by atoms with Crippen molar-refractivity contribution >= 4 is 0 Å². The quantitative estimate of drug-likeness (QED) is 0.545. The lowest BCUT2D eigenvalue weighted by Crippen LogP contribution is -2.19. The average Bonchev–Trinajstić information content (AvgIpc) is 2.15. The summed E-state index contributed by atoms with van der Waals surface area (Å²) in [5, 5.41) is 0. The zero-order valence-electron chi connectivity index (χ0n) is 11.9. The van der Waals surface area contributed by atoms with Crippen molar-refractivity contribution in [3.8, 4) is 0 Å². The second-order valence-corrected chi connectivity index (χ2v) is 6.00. The number of hydrogen-bond donors (Lipinski definition) is 0. The summed E-state index contributed by atoms with van der Waals surface area (Å²) in [7, 11) is 0. The van der Waals surface area contributed by atoms with E-state index in [1.807, 2.05) is 12.2 Å². The van der Waals surface area contributed by atoms with Gasteiger partial charge < -0.3 is 0 Å². The van der Waals surface area contributed by atoms with E-state index in [-0.39, 0.29) is 0 Å². The first-order valence-electron chi connectivity index (χ1n) is 6.27. The maximum absolute atomic E-state index is 3.73. The van der Waals surface area contributed by atoms with E-state index in [4.69, 9.17) is 0 Å². The van der Waals surface area contributed by atoms with Gasteiger partial charge in [-0.15, -0.1) is 0 Å². The number of allylic oxidation sites excluding steroid dienone is 5. The lowest BCUT2D eigenvalue weighted by atomic mass is 9.76. The molecule has 0 aliphatic heterocycles. The monoisotopic (exact) mass is 220 g/mol. The molecule has 0 heteroatoms. The van der Waals surface area contributed by atoms with E-state index in [0.29, 0.717) is 17.3 Å². The molecule has 0 nitrogen and oxygen atoms in total. The molecule has 0 radical (unpaired) electrons. The molecule has 0 amide bonds. The summed E-state index contributed by atoms with van der Waals surface area (Å²) >= 11 is 0. The van der Waals surface area contributed by atoms with Crippen molar-refractivity contribution in [2.24, 2.45) is 17.3 Å². The minimum absolute atomic E-state index is 0.380. The van der Waals surface area contributed by atoms with E-state index in [2.05, 4.69) is 60.3 Å². The van der Waals surface area contributed by atoms with Gasteiger partial charge >= 0.3 is 0 Å². The maximum Gasteiger partial charge on any atom is -0.0137 e. The second kappa shape index (κ2) is 6.73. The molecule has 16 heavy (non-hydrogen) atoms. The molecule has 92 valence electrons. The van der Waals surface area contributed by atoms with Gasteiger partial charge in [-0.25, -0.2) is 0 Å². The fourth-order valence-electron chi connectivity index (χ4n) is 2.01. The highest BCUT2D eigenvalue weighted by molar-refractivity contribution is 5.24. The van der Waals surface area contributed by atoms with Crippen LogP contribution in [0.1, 0.15) is 48.0 Å². The molecule has 1 unspecified atom stereocenters. The Labute approximate surface area is 102 Å². The lowest BCUT2D eigenvalue weighted by molar-refractivity contribution is 0.275. The van der Waals surface area contributed by atoms with E-state index in [1.165, 1.54) is 12.0 Å². The van der Waals surface area contributed by atoms with Crippen LogP contribution in [0.3, 0.4) is 0 Å². The van der Waals surface area contributed by atoms with Gasteiger partial charge in [0.05, 0.1) is 0 Å². The summed E-state index contributed by atoms with van der Waals surface area (Å²) < 4.78 is 0. The van der Waals surface area contributed by atoms with Crippen molar-refractivity contribution in [2.75, 3.05) is 0 Å². The van der Waals surface area contributed by atoms with Crippen LogP contribution in [0.5, 0.6) is 0 Å². The highest BCUT2D eigenvalue weighted by Crippen LogP contribution is 2.34. The van der Waals surface area contributed by atoms with Crippen LogP contribution in [0.25, 0.3) is 0 Å². The molecule has 0 N–H and O–H groups in total. The zero-order chi connectivity index (χ0) is 12.8. The van der Waals surface area contributed by atoms with Crippen LogP contribution in [-0.4, -0.2) is 0 Å². The molecule has 0 aliphatic carbocycles. The first-order valence-corrected chi connectivity index (χ1v) is 6.27. The summed E-state index contributed by atoms with van der Waals surface area (Å²) in [6.07, 6.45) is 9.54. The van der Waals surface area contributed by atoms with Gasteiger partial charge in [-0.2, -0.15) is 0 Å². The van der Waals surface area contributed by atoms with Crippen LogP contribution in [0.15, 0.2) is 36.5 Å². The second-order valence-electron chi connectivity index (χ2n) is 6.00. The van der Waals surface area contributed by atoms with Gasteiger partial charge in [-0.1, -0.05) is 65.5 Å². The number of hydrogen-bond acceptors (Lipinski definition) is 0. The molecule has 0 saturated heterocycles. The Morgan fingerprint density at radius 1 is 1.25 bits per heavy atom. The van der Waals surface area contributed by atoms with E-state index in [0.717, 1.165) is 0 Å². The van der Waals surface area contributed by atoms with Crippen LogP contribution in [0.2, 0.25) is 0 Å². The highest BCUT2D eigenvalue weighted by atomic mass is 14.3. The van der Waals surface area contributed by atoms with Crippen LogP contribution in [0, 0.1) is 17.3 Å². The summed E-state index contributed by atoms with van der Waals surface area (Å²) in [6.45, 7) is 17.4. The van der Waals surface area contributed by atoms with Gasteiger partial charge in [0.1, 0.15) is 0 Å². The van der Waals surface area contributed by atoms with Crippen molar-refractivity contribution in [1.82, 2.24) is 0 Å². The number of rotatable bonds is 5. The van der Waals surface area contributed by atoms with Crippen molar-refractivity contribution in [3.63, 3.8) is 0 Å². The molecular weight excluding hydrogens is 192 g/mol. The van der Waals surface area contributed by atoms with Gasteiger partial charge in [-0.05, 0) is 36.2 Å². The van der Waals surface area contributed by atoms with Crippen LogP contribution < -0.4 is 0 Å². The Morgan fingerprint density at radius 2 is 1.81 bits per heavy atom. The average molecular weight is 220 g/mol. The summed E-state index contributed by atoms with van der Waals surface area (Å²) in [5.74, 6) is 1.32. The lowest BCUT2D eigenvalue weighted by Gasteiger charge is -2.29.